The molecule has 0 spiro atoms. The second-order valence-corrected chi connectivity index (χ2v) is 9.84. The number of unbranched alkanes of at least 4 members (excludes halogenated alkanes) is 1. The predicted molar refractivity (Wildman–Crippen MR) is 106 cm³/mol. The molecule has 1 aromatic rings. The van der Waals surface area contributed by atoms with Crippen LogP contribution >= 0.6 is 0 Å². The molecule has 0 fully saturated rings. The number of benzene rings is 1. The molecule has 2 N–H and O–H groups in total. The zero-order valence-corrected chi connectivity index (χ0v) is 17.5. The summed E-state index contributed by atoms with van der Waals surface area (Å²) in [6.45, 7) is 13.9. The van der Waals surface area contributed by atoms with Crippen molar-refractivity contribution in [3.63, 3.8) is 0 Å². The Bertz CT molecular complexity index is 664. The van der Waals surface area contributed by atoms with E-state index in [2.05, 4.69) is 59.7 Å². The van der Waals surface area contributed by atoms with E-state index < -0.39 is 10.0 Å². The molecule has 144 valence electrons. The minimum atomic E-state index is -3.39. The van der Waals surface area contributed by atoms with Crippen LogP contribution in [0.3, 0.4) is 0 Å². The second-order valence-electron chi connectivity index (χ2n) is 8.11. The van der Waals surface area contributed by atoms with Crippen molar-refractivity contribution in [2.45, 2.75) is 78.1 Å². The number of rotatable bonds is 10. The topological polar surface area (TPSA) is 69.4 Å². The molecule has 0 heterocycles. The van der Waals surface area contributed by atoms with Crippen molar-refractivity contribution in [3.8, 4) is 5.75 Å². The maximum Gasteiger partial charge on any atom is 0.209 e. The Morgan fingerprint density at radius 3 is 2.12 bits per heavy atom. The van der Waals surface area contributed by atoms with Gasteiger partial charge in [-0.2, -0.15) is 0 Å². The van der Waals surface area contributed by atoms with Gasteiger partial charge in [-0.15, -0.1) is 0 Å². The van der Waals surface area contributed by atoms with Crippen LogP contribution in [0.1, 0.15) is 78.4 Å². The first-order chi connectivity index (χ1) is 11.4. The number of ether oxygens (including phenoxy) is 1. The van der Waals surface area contributed by atoms with E-state index in [-0.39, 0.29) is 16.6 Å². The minimum absolute atomic E-state index is 0.00724. The first-order valence-corrected chi connectivity index (χ1v) is 10.9. The zero-order valence-electron chi connectivity index (χ0n) is 16.7. The Morgan fingerprint density at radius 1 is 1.00 bits per heavy atom. The van der Waals surface area contributed by atoms with Gasteiger partial charge in [-0.3, -0.25) is 0 Å². The molecule has 0 saturated carbocycles. The Hall–Kier alpha value is -1.07. The van der Waals surface area contributed by atoms with Gasteiger partial charge in [0.1, 0.15) is 5.75 Å². The maximum absolute atomic E-state index is 11.0. The first-order valence-electron chi connectivity index (χ1n) is 9.21. The monoisotopic (exact) mass is 369 g/mol. The third-order valence-electron chi connectivity index (χ3n) is 5.34. The molecule has 0 radical (unpaired) electrons. The molecule has 4 nitrogen and oxygen atoms in total. The fourth-order valence-electron chi connectivity index (χ4n) is 2.59. The van der Waals surface area contributed by atoms with E-state index in [0.29, 0.717) is 19.4 Å². The molecule has 0 aliphatic carbocycles. The number of hydrogen-bond acceptors (Lipinski definition) is 3. The summed E-state index contributed by atoms with van der Waals surface area (Å²) in [5.74, 6) is 0.908. The van der Waals surface area contributed by atoms with Crippen LogP contribution in [0, 0.1) is 0 Å². The Kier molecular flexibility index (Phi) is 7.51. The van der Waals surface area contributed by atoms with Crippen LogP contribution in [-0.4, -0.2) is 20.8 Å². The lowest BCUT2D eigenvalue weighted by molar-refractivity contribution is 0.298. The van der Waals surface area contributed by atoms with Crippen LogP contribution in [-0.2, 0) is 20.9 Å². The zero-order chi connectivity index (χ0) is 19.3. The quantitative estimate of drug-likeness (QED) is 0.617. The van der Waals surface area contributed by atoms with Crippen LogP contribution in [0.15, 0.2) is 18.2 Å². The lowest BCUT2D eigenvalue weighted by Gasteiger charge is -2.30. The van der Waals surface area contributed by atoms with Gasteiger partial charge in [0.05, 0.1) is 12.4 Å². The molecule has 0 aliphatic heterocycles. The van der Waals surface area contributed by atoms with E-state index in [4.69, 9.17) is 9.88 Å². The van der Waals surface area contributed by atoms with E-state index in [1.165, 1.54) is 11.1 Å². The molecule has 5 heteroatoms. The Balaban J connectivity index is 2.95. The second kappa shape index (κ2) is 8.54. The van der Waals surface area contributed by atoms with Crippen LogP contribution in [0.2, 0.25) is 0 Å². The molecule has 0 atom stereocenters. The average molecular weight is 370 g/mol. The summed E-state index contributed by atoms with van der Waals surface area (Å²) in [5.41, 5.74) is 2.70. The van der Waals surface area contributed by atoms with Crippen molar-refractivity contribution in [2.75, 3.05) is 12.4 Å². The molecule has 0 aliphatic rings. The summed E-state index contributed by atoms with van der Waals surface area (Å²) in [7, 11) is -3.39. The van der Waals surface area contributed by atoms with E-state index in [1.54, 1.807) is 0 Å². The molecule has 25 heavy (non-hydrogen) atoms. The third kappa shape index (κ3) is 6.63. The SMILES string of the molecule is CCC(C)(C)c1ccc(OCCCCS(N)(=O)=O)c(C(C)(C)CC)c1. The Morgan fingerprint density at radius 2 is 1.60 bits per heavy atom. The van der Waals surface area contributed by atoms with E-state index >= 15 is 0 Å². The van der Waals surface area contributed by atoms with Crippen molar-refractivity contribution < 1.29 is 13.2 Å². The summed E-state index contributed by atoms with van der Waals surface area (Å²) in [5, 5.41) is 5.03. The van der Waals surface area contributed by atoms with E-state index in [0.717, 1.165) is 18.6 Å². The van der Waals surface area contributed by atoms with Crippen LogP contribution < -0.4 is 9.88 Å². The van der Waals surface area contributed by atoms with Gasteiger partial charge in [0.15, 0.2) is 0 Å². The number of nitrogens with two attached hydrogens (primary N) is 1. The molecular weight excluding hydrogens is 334 g/mol. The van der Waals surface area contributed by atoms with Crippen molar-refractivity contribution in [1.82, 2.24) is 0 Å². The lowest BCUT2D eigenvalue weighted by Crippen LogP contribution is -2.21. The molecule has 0 unspecified atom stereocenters. The summed E-state index contributed by atoms with van der Waals surface area (Å²) < 4.78 is 28.0. The van der Waals surface area contributed by atoms with Crippen molar-refractivity contribution in [3.05, 3.63) is 29.3 Å². The molecular formula is C20H35NO3S. The average Bonchev–Trinajstić information content (AvgIpc) is 2.53. The molecule has 0 amide bonds. The van der Waals surface area contributed by atoms with Gasteiger partial charge in [-0.25, -0.2) is 13.6 Å². The van der Waals surface area contributed by atoms with Crippen LogP contribution in [0.25, 0.3) is 0 Å². The van der Waals surface area contributed by atoms with Crippen LogP contribution in [0.4, 0.5) is 0 Å². The number of primary sulfonamides is 1. The highest BCUT2D eigenvalue weighted by atomic mass is 32.2. The standard InChI is InChI=1S/C20H35NO3S/c1-7-19(3,4)16-11-12-18(17(15-16)20(5,6)8-2)24-13-9-10-14-25(21,22)23/h11-12,15H,7-10,13-14H2,1-6H3,(H2,21,22,23). The molecule has 0 saturated heterocycles. The fraction of sp³-hybridized carbons (Fsp3) is 0.700. The summed E-state index contributed by atoms with van der Waals surface area (Å²) in [6, 6.07) is 6.50. The number of sulfonamides is 1. The lowest BCUT2D eigenvalue weighted by atomic mass is 9.76. The van der Waals surface area contributed by atoms with Gasteiger partial charge in [0.2, 0.25) is 10.0 Å². The number of hydrogen-bond donors (Lipinski definition) is 1. The van der Waals surface area contributed by atoms with Crippen molar-refractivity contribution in [1.29, 1.82) is 0 Å². The van der Waals surface area contributed by atoms with Gasteiger partial charge in [0, 0.05) is 5.56 Å². The largest absolute Gasteiger partial charge is 0.493 e. The molecule has 1 aromatic carbocycles. The fourth-order valence-corrected chi connectivity index (χ4v) is 3.19. The highest BCUT2D eigenvalue weighted by Crippen LogP contribution is 2.38. The first kappa shape index (κ1) is 22.0. The Labute approximate surface area is 154 Å². The minimum Gasteiger partial charge on any atom is -0.493 e. The highest BCUT2D eigenvalue weighted by Gasteiger charge is 2.26. The van der Waals surface area contributed by atoms with Gasteiger partial charge in [-0.05, 0) is 48.1 Å². The van der Waals surface area contributed by atoms with Gasteiger partial charge >= 0.3 is 0 Å². The predicted octanol–water partition coefficient (Wildman–Crippen LogP) is 4.51. The maximum atomic E-state index is 11.0. The summed E-state index contributed by atoms with van der Waals surface area (Å²) >= 11 is 0. The molecule has 1 rings (SSSR count). The van der Waals surface area contributed by atoms with Crippen molar-refractivity contribution in [2.24, 2.45) is 5.14 Å². The van der Waals surface area contributed by atoms with Crippen LogP contribution in [0.5, 0.6) is 5.75 Å². The highest BCUT2D eigenvalue weighted by molar-refractivity contribution is 7.89. The van der Waals surface area contributed by atoms with E-state index in [1.807, 2.05) is 0 Å². The normalized spacial score (nSPS) is 13.1. The molecule has 0 bridgehead atoms. The third-order valence-corrected chi connectivity index (χ3v) is 6.20. The van der Waals surface area contributed by atoms with E-state index in [9.17, 15) is 8.42 Å². The van der Waals surface area contributed by atoms with Crippen molar-refractivity contribution >= 4 is 10.0 Å². The van der Waals surface area contributed by atoms with Gasteiger partial charge in [0.25, 0.3) is 0 Å². The van der Waals surface area contributed by atoms with Gasteiger partial charge < -0.3 is 4.74 Å². The molecule has 0 aromatic heterocycles. The van der Waals surface area contributed by atoms with Gasteiger partial charge in [-0.1, -0.05) is 53.7 Å². The summed E-state index contributed by atoms with van der Waals surface area (Å²) in [4.78, 5) is 0. The summed E-state index contributed by atoms with van der Waals surface area (Å²) in [6.07, 6.45) is 3.29. The smallest absolute Gasteiger partial charge is 0.209 e.